The summed E-state index contributed by atoms with van der Waals surface area (Å²) in [5, 5.41) is 0.616. The Kier molecular flexibility index (Phi) is 5.93. The lowest BCUT2D eigenvalue weighted by Crippen LogP contribution is -2.49. The second-order valence-corrected chi connectivity index (χ2v) is 9.72. The van der Waals surface area contributed by atoms with Gasteiger partial charge in [0.25, 0.3) is 0 Å². The number of nitrogens with zero attached hydrogens (tertiary/aromatic N) is 4. The highest BCUT2D eigenvalue weighted by molar-refractivity contribution is 6.30. The maximum Gasteiger partial charge on any atom is 0.231 e. The van der Waals surface area contributed by atoms with Crippen molar-refractivity contribution in [2.75, 3.05) is 37.9 Å². The Morgan fingerprint density at radius 3 is 2.67 bits per heavy atom. The summed E-state index contributed by atoms with van der Waals surface area (Å²) in [6, 6.07) is 18.0. The molecule has 4 heterocycles. The summed E-state index contributed by atoms with van der Waals surface area (Å²) in [5.41, 5.74) is 5.18. The molecule has 6 rings (SSSR count). The molecule has 1 fully saturated rings. The lowest BCUT2D eigenvalue weighted by atomic mass is 9.91. The van der Waals surface area contributed by atoms with E-state index in [1.807, 2.05) is 52.0 Å². The number of carbonyl (C=O) groups is 1. The van der Waals surface area contributed by atoms with E-state index in [0.717, 1.165) is 35.7 Å². The summed E-state index contributed by atoms with van der Waals surface area (Å²) >= 11 is 6.31. The Hall–Kier alpha value is -3.71. The van der Waals surface area contributed by atoms with Gasteiger partial charge in [-0.3, -0.25) is 4.79 Å². The topological polar surface area (TPSA) is 59.3 Å². The van der Waals surface area contributed by atoms with Crippen LogP contribution in [0, 0.1) is 6.92 Å². The average Bonchev–Trinajstić information content (AvgIpc) is 3.54. The van der Waals surface area contributed by atoms with Crippen LogP contribution in [-0.2, 0) is 4.79 Å². The molecular formula is C28H27ClN4O3. The molecule has 2 aliphatic rings. The van der Waals surface area contributed by atoms with Crippen LogP contribution in [0.4, 0.5) is 5.69 Å². The molecule has 0 bridgehead atoms. The summed E-state index contributed by atoms with van der Waals surface area (Å²) in [6.07, 6.45) is 4.01. The molecule has 7 nitrogen and oxygen atoms in total. The zero-order chi connectivity index (χ0) is 24.6. The molecule has 8 heteroatoms. The number of anilines is 1. The highest BCUT2D eigenvalue weighted by atomic mass is 35.5. The van der Waals surface area contributed by atoms with E-state index in [2.05, 4.69) is 41.1 Å². The number of rotatable bonds is 5. The number of amides is 1. The van der Waals surface area contributed by atoms with E-state index < -0.39 is 0 Å². The van der Waals surface area contributed by atoms with Gasteiger partial charge in [0.05, 0.1) is 10.7 Å². The highest BCUT2D eigenvalue weighted by Crippen LogP contribution is 2.38. The quantitative estimate of drug-likeness (QED) is 0.388. The molecular weight excluding hydrogens is 476 g/mol. The summed E-state index contributed by atoms with van der Waals surface area (Å²) in [4.78, 5) is 22.5. The van der Waals surface area contributed by atoms with E-state index in [-0.39, 0.29) is 18.6 Å². The van der Waals surface area contributed by atoms with Gasteiger partial charge in [-0.05, 0) is 48.4 Å². The van der Waals surface area contributed by atoms with E-state index in [1.54, 1.807) is 0 Å². The van der Waals surface area contributed by atoms with Crippen LogP contribution < -0.4 is 14.4 Å². The standard InChI is InChI=1S/C28H27ClN4O3/c1-19-4-2-3-5-23(19)31-10-12-32(13-11-31)28(34)15-22(20-6-8-25-26(14-20)36-18-35-25)24-16-30-27-9-7-21(29)17-33(24)27/h2-9,14,16-17,22H,10-13,15,18H2,1H3. The molecule has 0 radical (unpaired) electrons. The minimum absolute atomic E-state index is 0.124. The van der Waals surface area contributed by atoms with E-state index >= 15 is 0 Å². The molecule has 2 aromatic carbocycles. The number of hydrogen-bond donors (Lipinski definition) is 0. The van der Waals surface area contributed by atoms with E-state index in [1.165, 1.54) is 11.3 Å². The van der Waals surface area contributed by atoms with Gasteiger partial charge in [-0.25, -0.2) is 4.98 Å². The Morgan fingerprint density at radius 2 is 1.83 bits per heavy atom. The third kappa shape index (κ3) is 4.24. The Bertz CT molecular complexity index is 1430. The van der Waals surface area contributed by atoms with Crippen LogP contribution in [0.1, 0.15) is 29.2 Å². The molecule has 0 N–H and O–H groups in total. The molecule has 0 spiro atoms. The van der Waals surface area contributed by atoms with Gasteiger partial charge in [0.2, 0.25) is 12.7 Å². The second kappa shape index (κ2) is 9.39. The molecule has 0 saturated carbocycles. The fourth-order valence-electron chi connectivity index (χ4n) is 5.17. The molecule has 36 heavy (non-hydrogen) atoms. The van der Waals surface area contributed by atoms with Crippen LogP contribution in [0.5, 0.6) is 11.5 Å². The normalized spacial score (nSPS) is 15.9. The zero-order valence-electron chi connectivity index (χ0n) is 20.1. The number of aromatic nitrogens is 2. The van der Waals surface area contributed by atoms with Crippen molar-refractivity contribution in [3.63, 3.8) is 0 Å². The number of benzene rings is 2. The number of fused-ring (bicyclic) bond motifs is 2. The first kappa shape index (κ1) is 22.7. The summed E-state index contributed by atoms with van der Waals surface area (Å²) in [5.74, 6) is 1.33. The summed E-state index contributed by atoms with van der Waals surface area (Å²) in [6.45, 7) is 5.36. The summed E-state index contributed by atoms with van der Waals surface area (Å²) < 4.78 is 13.1. The number of piperazine rings is 1. The number of aryl methyl sites for hydroxylation is 1. The van der Waals surface area contributed by atoms with Gasteiger partial charge in [0.15, 0.2) is 11.5 Å². The Labute approximate surface area is 214 Å². The minimum Gasteiger partial charge on any atom is -0.454 e. The molecule has 1 saturated heterocycles. The second-order valence-electron chi connectivity index (χ2n) is 9.28. The maximum atomic E-state index is 13.6. The molecule has 2 aliphatic heterocycles. The van der Waals surface area contributed by atoms with Gasteiger partial charge in [0.1, 0.15) is 5.65 Å². The van der Waals surface area contributed by atoms with Crippen molar-refractivity contribution in [1.29, 1.82) is 0 Å². The first-order chi connectivity index (χ1) is 17.6. The van der Waals surface area contributed by atoms with E-state index in [4.69, 9.17) is 21.1 Å². The van der Waals surface area contributed by atoms with Crippen LogP contribution in [0.2, 0.25) is 5.02 Å². The number of para-hydroxylation sites is 1. The number of hydrogen-bond acceptors (Lipinski definition) is 5. The van der Waals surface area contributed by atoms with E-state index in [0.29, 0.717) is 30.3 Å². The van der Waals surface area contributed by atoms with Crippen LogP contribution in [0.3, 0.4) is 0 Å². The highest BCUT2D eigenvalue weighted by Gasteiger charge is 2.28. The molecule has 1 amide bonds. The van der Waals surface area contributed by atoms with Crippen LogP contribution >= 0.6 is 11.6 Å². The maximum absolute atomic E-state index is 13.6. The fraction of sp³-hybridized carbons (Fsp3) is 0.286. The number of halogens is 1. The average molecular weight is 503 g/mol. The van der Waals surface area contributed by atoms with Gasteiger partial charge >= 0.3 is 0 Å². The summed E-state index contributed by atoms with van der Waals surface area (Å²) in [7, 11) is 0. The molecule has 1 unspecified atom stereocenters. The van der Waals surface area contributed by atoms with Gasteiger partial charge in [-0.2, -0.15) is 0 Å². The predicted octanol–water partition coefficient (Wildman–Crippen LogP) is 4.90. The third-order valence-corrected chi connectivity index (χ3v) is 7.34. The lowest BCUT2D eigenvalue weighted by Gasteiger charge is -2.37. The number of carbonyl (C=O) groups excluding carboxylic acids is 1. The van der Waals surface area contributed by atoms with Gasteiger partial charge < -0.3 is 23.7 Å². The van der Waals surface area contributed by atoms with Crippen LogP contribution in [0.15, 0.2) is 67.0 Å². The van der Waals surface area contributed by atoms with Gasteiger partial charge in [-0.15, -0.1) is 0 Å². The smallest absolute Gasteiger partial charge is 0.231 e. The van der Waals surface area contributed by atoms with Crippen molar-refractivity contribution in [1.82, 2.24) is 14.3 Å². The zero-order valence-corrected chi connectivity index (χ0v) is 20.8. The molecule has 4 aromatic rings. The van der Waals surface area contributed by atoms with Crippen molar-refractivity contribution < 1.29 is 14.3 Å². The van der Waals surface area contributed by atoms with Crippen molar-refractivity contribution in [2.24, 2.45) is 0 Å². The molecule has 0 aliphatic carbocycles. The molecule has 184 valence electrons. The van der Waals surface area contributed by atoms with Crippen LogP contribution in [-0.4, -0.2) is 53.2 Å². The van der Waals surface area contributed by atoms with Gasteiger partial charge in [-0.1, -0.05) is 35.9 Å². The van der Waals surface area contributed by atoms with E-state index in [9.17, 15) is 4.79 Å². The van der Waals surface area contributed by atoms with Crippen molar-refractivity contribution in [3.05, 3.63) is 88.8 Å². The molecule has 1 atom stereocenters. The third-order valence-electron chi connectivity index (χ3n) is 7.12. The number of ether oxygens (including phenoxy) is 2. The lowest BCUT2D eigenvalue weighted by molar-refractivity contribution is -0.131. The fourth-order valence-corrected chi connectivity index (χ4v) is 5.33. The van der Waals surface area contributed by atoms with Crippen molar-refractivity contribution in [3.8, 4) is 11.5 Å². The number of imidazole rings is 1. The van der Waals surface area contributed by atoms with Crippen molar-refractivity contribution >= 4 is 28.8 Å². The Balaban J connectivity index is 1.26. The van der Waals surface area contributed by atoms with Crippen molar-refractivity contribution in [2.45, 2.75) is 19.3 Å². The predicted molar refractivity (Wildman–Crippen MR) is 139 cm³/mol. The monoisotopic (exact) mass is 502 g/mol. The first-order valence-corrected chi connectivity index (χ1v) is 12.5. The SMILES string of the molecule is Cc1ccccc1N1CCN(C(=O)CC(c2ccc3c(c2)OCO3)c2cnc3ccc(Cl)cn23)CC1. The molecule has 2 aromatic heterocycles. The number of pyridine rings is 1. The minimum atomic E-state index is -0.213. The largest absolute Gasteiger partial charge is 0.454 e. The van der Waals surface area contributed by atoms with Crippen LogP contribution in [0.25, 0.3) is 5.65 Å². The van der Waals surface area contributed by atoms with Gasteiger partial charge in [0, 0.05) is 56.6 Å². The first-order valence-electron chi connectivity index (χ1n) is 12.2. The Morgan fingerprint density at radius 1 is 1.03 bits per heavy atom.